The van der Waals surface area contributed by atoms with Gasteiger partial charge in [0.05, 0.1) is 10.6 Å². The first-order chi connectivity index (χ1) is 15.3. The van der Waals surface area contributed by atoms with Gasteiger partial charge in [-0.1, -0.05) is 66.2 Å². The molecule has 162 valence electrons. The van der Waals surface area contributed by atoms with Crippen molar-refractivity contribution < 1.29 is 13.2 Å². The second-order valence-corrected chi connectivity index (χ2v) is 10.4. The second kappa shape index (κ2) is 8.61. The Bertz CT molecular complexity index is 1390. The maximum absolute atomic E-state index is 13.5. The fourth-order valence-corrected chi connectivity index (χ4v) is 6.28. The van der Waals surface area contributed by atoms with Crippen LogP contribution in [0.3, 0.4) is 0 Å². The summed E-state index contributed by atoms with van der Waals surface area (Å²) in [6, 6.07) is 22.7. The molecule has 0 radical (unpaired) electrons. The minimum atomic E-state index is -3.96. The molecule has 0 bridgehead atoms. The number of benzene rings is 3. The largest absolute Gasteiger partial charge is 0.396 e. The van der Waals surface area contributed by atoms with Crippen LogP contribution in [0.1, 0.15) is 26.4 Å². The summed E-state index contributed by atoms with van der Waals surface area (Å²) in [7, 11) is -3.96. The van der Waals surface area contributed by atoms with Crippen LogP contribution in [0.25, 0.3) is 0 Å². The van der Waals surface area contributed by atoms with E-state index in [1.165, 1.54) is 12.1 Å². The zero-order chi connectivity index (χ0) is 22.9. The number of nitrogens with one attached hydrogen (secondary N) is 1. The standard InChI is InChI=1S/C25H22N2O3S2/c1-16-12-14-18(15-13-16)22(28)23-21(26)24(32(29,30)19-9-4-3-5-10-19)25(31-23)27-20-11-7-6-8-17(20)2/h3-15,27H,26H2,1-2H3. The molecule has 0 fully saturated rings. The molecule has 32 heavy (non-hydrogen) atoms. The van der Waals surface area contributed by atoms with Crippen molar-refractivity contribution in [1.82, 2.24) is 0 Å². The molecule has 1 heterocycles. The Kier molecular flexibility index (Phi) is 5.86. The summed E-state index contributed by atoms with van der Waals surface area (Å²) in [6.07, 6.45) is 0. The number of carbonyl (C=O) groups excluding carboxylic acids is 1. The first-order valence-electron chi connectivity index (χ1n) is 9.95. The van der Waals surface area contributed by atoms with Crippen LogP contribution in [-0.4, -0.2) is 14.2 Å². The maximum atomic E-state index is 13.5. The van der Waals surface area contributed by atoms with Gasteiger partial charge in [0, 0.05) is 11.3 Å². The second-order valence-electron chi connectivity index (χ2n) is 7.45. The molecule has 0 amide bonds. The number of thiophene rings is 1. The van der Waals surface area contributed by atoms with Gasteiger partial charge in [-0.25, -0.2) is 8.42 Å². The van der Waals surface area contributed by atoms with Crippen molar-refractivity contribution in [2.45, 2.75) is 23.6 Å². The van der Waals surface area contributed by atoms with Gasteiger partial charge < -0.3 is 11.1 Å². The van der Waals surface area contributed by atoms with E-state index in [4.69, 9.17) is 5.73 Å². The SMILES string of the molecule is Cc1ccc(C(=O)c2sc(Nc3ccccc3C)c(S(=O)(=O)c3ccccc3)c2N)cc1. The van der Waals surface area contributed by atoms with Crippen molar-refractivity contribution >= 4 is 43.3 Å². The average molecular weight is 463 g/mol. The molecule has 0 saturated heterocycles. The summed E-state index contributed by atoms with van der Waals surface area (Å²) in [6.45, 7) is 3.85. The van der Waals surface area contributed by atoms with E-state index in [2.05, 4.69) is 5.32 Å². The molecule has 5 nitrogen and oxygen atoms in total. The van der Waals surface area contributed by atoms with E-state index < -0.39 is 9.84 Å². The van der Waals surface area contributed by atoms with Crippen molar-refractivity contribution in [2.75, 3.05) is 11.1 Å². The average Bonchev–Trinajstić information content (AvgIpc) is 3.12. The van der Waals surface area contributed by atoms with Crippen LogP contribution in [0.15, 0.2) is 88.7 Å². The van der Waals surface area contributed by atoms with Crippen molar-refractivity contribution in [3.8, 4) is 0 Å². The van der Waals surface area contributed by atoms with Gasteiger partial charge in [0.15, 0.2) is 0 Å². The lowest BCUT2D eigenvalue weighted by Crippen LogP contribution is -2.08. The predicted octanol–water partition coefficient (Wildman–Crippen LogP) is 5.75. The van der Waals surface area contributed by atoms with E-state index >= 15 is 0 Å². The topological polar surface area (TPSA) is 89.3 Å². The van der Waals surface area contributed by atoms with Crippen molar-refractivity contribution in [3.63, 3.8) is 0 Å². The third-order valence-corrected chi connectivity index (χ3v) is 8.24. The molecule has 3 N–H and O–H groups in total. The number of hydrogen-bond donors (Lipinski definition) is 2. The van der Waals surface area contributed by atoms with E-state index in [9.17, 15) is 13.2 Å². The highest BCUT2D eigenvalue weighted by Gasteiger charge is 2.31. The first kappa shape index (κ1) is 21.8. The summed E-state index contributed by atoms with van der Waals surface area (Å²) < 4.78 is 27.1. The van der Waals surface area contributed by atoms with Crippen LogP contribution in [0.4, 0.5) is 16.4 Å². The number of anilines is 3. The third-order valence-electron chi connectivity index (χ3n) is 5.14. The molecule has 0 spiro atoms. The minimum Gasteiger partial charge on any atom is -0.396 e. The van der Waals surface area contributed by atoms with Gasteiger partial charge in [-0.3, -0.25) is 4.79 Å². The maximum Gasteiger partial charge on any atom is 0.211 e. The molecule has 0 aliphatic carbocycles. The Morgan fingerprint density at radius 3 is 2.16 bits per heavy atom. The fourth-order valence-electron chi connectivity index (χ4n) is 3.34. The van der Waals surface area contributed by atoms with E-state index in [1.807, 2.05) is 50.2 Å². The number of nitrogens with two attached hydrogens (primary N) is 1. The molecular formula is C25H22N2O3S2. The summed E-state index contributed by atoms with van der Waals surface area (Å²) >= 11 is 1.05. The fraction of sp³-hybridized carbons (Fsp3) is 0.0800. The molecule has 1 aromatic heterocycles. The summed E-state index contributed by atoms with van der Waals surface area (Å²) in [5.74, 6) is -0.310. The lowest BCUT2D eigenvalue weighted by molar-refractivity contribution is 0.104. The van der Waals surface area contributed by atoms with E-state index in [-0.39, 0.29) is 26.1 Å². The number of carbonyl (C=O) groups is 1. The number of ketones is 1. The number of hydrogen-bond acceptors (Lipinski definition) is 6. The summed E-state index contributed by atoms with van der Waals surface area (Å²) in [5.41, 5.74) is 9.48. The van der Waals surface area contributed by atoms with Crippen molar-refractivity contribution in [1.29, 1.82) is 0 Å². The van der Waals surface area contributed by atoms with Gasteiger partial charge in [-0.15, -0.1) is 11.3 Å². The van der Waals surface area contributed by atoms with Gasteiger partial charge in [-0.2, -0.15) is 0 Å². The molecule has 0 aliphatic heterocycles. The number of rotatable bonds is 6. The van der Waals surface area contributed by atoms with E-state index in [0.717, 1.165) is 28.2 Å². The normalized spacial score (nSPS) is 11.3. The molecule has 0 aliphatic rings. The summed E-state index contributed by atoms with van der Waals surface area (Å²) in [5, 5.41) is 3.52. The molecule has 0 atom stereocenters. The lowest BCUT2D eigenvalue weighted by Gasteiger charge is -2.11. The van der Waals surface area contributed by atoms with Gasteiger partial charge in [-0.05, 0) is 37.6 Å². The number of para-hydroxylation sites is 1. The van der Waals surface area contributed by atoms with Crippen LogP contribution < -0.4 is 11.1 Å². The zero-order valence-electron chi connectivity index (χ0n) is 17.6. The van der Waals surface area contributed by atoms with Crippen molar-refractivity contribution in [3.05, 3.63) is 100 Å². The van der Waals surface area contributed by atoms with Gasteiger partial charge in [0.2, 0.25) is 15.6 Å². The van der Waals surface area contributed by atoms with Crippen LogP contribution in [0.5, 0.6) is 0 Å². The van der Waals surface area contributed by atoms with E-state index in [0.29, 0.717) is 10.6 Å². The quantitative estimate of drug-likeness (QED) is 0.356. The van der Waals surface area contributed by atoms with Crippen LogP contribution in [0.2, 0.25) is 0 Å². The Hall–Kier alpha value is -3.42. The number of aryl methyl sites for hydroxylation is 2. The molecule has 7 heteroatoms. The highest BCUT2D eigenvalue weighted by molar-refractivity contribution is 7.92. The van der Waals surface area contributed by atoms with Gasteiger partial charge in [0.1, 0.15) is 14.8 Å². The Labute approximate surface area is 191 Å². The monoisotopic (exact) mass is 462 g/mol. The first-order valence-corrected chi connectivity index (χ1v) is 12.3. The van der Waals surface area contributed by atoms with Crippen LogP contribution in [-0.2, 0) is 9.84 Å². The van der Waals surface area contributed by atoms with Crippen LogP contribution >= 0.6 is 11.3 Å². The molecule has 0 unspecified atom stereocenters. The summed E-state index contributed by atoms with van der Waals surface area (Å²) in [4.78, 5) is 13.5. The highest BCUT2D eigenvalue weighted by Crippen LogP contribution is 2.44. The van der Waals surface area contributed by atoms with Gasteiger partial charge in [0.25, 0.3) is 0 Å². The Morgan fingerprint density at radius 2 is 1.50 bits per heavy atom. The predicted molar refractivity (Wildman–Crippen MR) is 130 cm³/mol. The van der Waals surface area contributed by atoms with Crippen LogP contribution in [0, 0.1) is 13.8 Å². The third kappa shape index (κ3) is 4.04. The van der Waals surface area contributed by atoms with E-state index in [1.54, 1.807) is 30.3 Å². The molecular weight excluding hydrogens is 440 g/mol. The Balaban J connectivity index is 1.89. The van der Waals surface area contributed by atoms with Gasteiger partial charge >= 0.3 is 0 Å². The number of nitrogen functional groups attached to an aromatic ring is 1. The van der Waals surface area contributed by atoms with Crippen molar-refractivity contribution in [2.24, 2.45) is 0 Å². The lowest BCUT2D eigenvalue weighted by atomic mass is 10.1. The molecule has 4 rings (SSSR count). The number of sulfone groups is 1. The molecule has 3 aromatic carbocycles. The zero-order valence-corrected chi connectivity index (χ0v) is 19.3. The highest BCUT2D eigenvalue weighted by atomic mass is 32.2. The smallest absolute Gasteiger partial charge is 0.211 e. The minimum absolute atomic E-state index is 0.0412. The Morgan fingerprint density at radius 1 is 0.875 bits per heavy atom. The molecule has 0 saturated carbocycles. The molecule has 4 aromatic rings.